The van der Waals surface area contributed by atoms with Crippen molar-refractivity contribution >= 4 is 23.0 Å². The number of rotatable bonds is 4. The van der Waals surface area contributed by atoms with Gasteiger partial charge < -0.3 is 10.4 Å². The van der Waals surface area contributed by atoms with Gasteiger partial charge in [0.2, 0.25) is 0 Å². The molecule has 23 heavy (non-hydrogen) atoms. The van der Waals surface area contributed by atoms with Gasteiger partial charge in [0.1, 0.15) is 0 Å². The van der Waals surface area contributed by atoms with Crippen molar-refractivity contribution in [1.82, 2.24) is 4.98 Å². The van der Waals surface area contributed by atoms with Gasteiger partial charge in [0.25, 0.3) is 0 Å². The fourth-order valence-electron chi connectivity index (χ4n) is 2.68. The maximum atomic E-state index is 10.0. The van der Waals surface area contributed by atoms with Crippen LogP contribution in [-0.4, -0.2) is 16.2 Å². The number of hydrogen-bond donors (Lipinski definition) is 2. The van der Waals surface area contributed by atoms with E-state index >= 15 is 0 Å². The van der Waals surface area contributed by atoms with Crippen molar-refractivity contribution in [1.29, 1.82) is 0 Å². The molecule has 1 aromatic heterocycles. The molecular weight excluding hydrogens is 284 g/mol. The summed E-state index contributed by atoms with van der Waals surface area (Å²) in [5, 5.41) is 13.4. The lowest BCUT2D eigenvalue weighted by Crippen LogP contribution is -2.18. The Morgan fingerprint density at radius 2 is 2.09 bits per heavy atom. The van der Waals surface area contributed by atoms with Crippen molar-refractivity contribution < 1.29 is 5.11 Å². The number of pyridine rings is 1. The third kappa shape index (κ3) is 3.41. The lowest BCUT2D eigenvalue weighted by atomic mass is 9.86. The van der Waals surface area contributed by atoms with Crippen LogP contribution in [0.4, 0.5) is 11.4 Å². The zero-order chi connectivity index (χ0) is 16.2. The number of nitrogens with one attached hydrogen (secondary N) is 1. The van der Waals surface area contributed by atoms with E-state index in [4.69, 9.17) is 0 Å². The van der Waals surface area contributed by atoms with E-state index in [0.29, 0.717) is 0 Å². The topological polar surface area (TPSA) is 45.1 Å². The summed E-state index contributed by atoms with van der Waals surface area (Å²) < 4.78 is 0. The highest BCUT2D eigenvalue weighted by atomic mass is 16.3. The summed E-state index contributed by atoms with van der Waals surface area (Å²) in [6.45, 7) is 5.75. The molecule has 0 spiro atoms. The molecule has 0 fully saturated rings. The van der Waals surface area contributed by atoms with Gasteiger partial charge >= 0.3 is 0 Å². The van der Waals surface area contributed by atoms with Crippen LogP contribution in [0.15, 0.2) is 67.4 Å². The molecule has 0 bridgehead atoms. The maximum absolute atomic E-state index is 10.0. The maximum Gasteiger partial charge on any atom is 0.0790 e. The van der Waals surface area contributed by atoms with Crippen LogP contribution >= 0.6 is 0 Å². The molecule has 3 rings (SSSR count). The van der Waals surface area contributed by atoms with Crippen LogP contribution in [0.5, 0.6) is 0 Å². The quantitative estimate of drug-likeness (QED) is 0.879. The Labute approximate surface area is 136 Å². The molecule has 3 heteroatoms. The first-order chi connectivity index (χ1) is 11.2. The van der Waals surface area contributed by atoms with Gasteiger partial charge in [-0.15, -0.1) is 0 Å². The zero-order valence-electron chi connectivity index (χ0n) is 13.1. The number of aliphatic hydroxyl groups is 1. The van der Waals surface area contributed by atoms with E-state index in [0.717, 1.165) is 28.2 Å². The Bertz CT molecular complexity index is 759. The van der Waals surface area contributed by atoms with E-state index < -0.39 is 6.10 Å². The van der Waals surface area contributed by atoms with Gasteiger partial charge in [0.15, 0.2) is 0 Å². The van der Waals surface area contributed by atoms with Crippen molar-refractivity contribution in [3.8, 4) is 0 Å². The molecule has 0 amide bonds. The average Bonchev–Trinajstić information content (AvgIpc) is 2.58. The van der Waals surface area contributed by atoms with Gasteiger partial charge in [-0.25, -0.2) is 0 Å². The lowest BCUT2D eigenvalue weighted by Gasteiger charge is -2.23. The summed E-state index contributed by atoms with van der Waals surface area (Å²) in [4.78, 5) is 4.29. The number of nitrogens with zero attached hydrogens (tertiary/aromatic N) is 1. The minimum Gasteiger partial charge on any atom is -0.388 e. The van der Waals surface area contributed by atoms with Gasteiger partial charge in [-0.2, -0.15) is 0 Å². The van der Waals surface area contributed by atoms with Crippen molar-refractivity contribution in [3.63, 3.8) is 0 Å². The molecule has 2 unspecified atom stereocenters. The van der Waals surface area contributed by atoms with Crippen molar-refractivity contribution in [2.75, 3.05) is 5.32 Å². The molecule has 1 aliphatic rings. The molecule has 2 N–H and O–H groups in total. The van der Waals surface area contributed by atoms with E-state index in [1.54, 1.807) is 12.3 Å². The highest BCUT2D eigenvalue weighted by molar-refractivity contribution is 5.74. The highest BCUT2D eigenvalue weighted by Crippen LogP contribution is 2.31. The van der Waals surface area contributed by atoms with Gasteiger partial charge in [-0.3, -0.25) is 4.98 Å². The van der Waals surface area contributed by atoms with Crippen molar-refractivity contribution in [2.45, 2.75) is 13.0 Å². The Morgan fingerprint density at radius 3 is 2.83 bits per heavy atom. The molecule has 3 nitrogen and oxygen atoms in total. The summed E-state index contributed by atoms with van der Waals surface area (Å²) in [7, 11) is 0. The number of anilines is 2. The summed E-state index contributed by atoms with van der Waals surface area (Å²) in [5.41, 5.74) is 5.03. The standard InChI is InChI=1S/C20H20N2O/c1-3-16-10-11-18(13-21-16)22-17-7-4-6-15(12-17)19-8-5-9-20(23)14(19)2/h3-14,20,22-23H,1H2,2H3. The van der Waals surface area contributed by atoms with Crippen LogP contribution < -0.4 is 5.32 Å². The van der Waals surface area contributed by atoms with E-state index in [1.807, 2.05) is 43.3 Å². The SMILES string of the molecule is C=Cc1ccc(Nc2cccc(C3=CC=CC(O)C3C)c2)cn1. The first-order valence-electron chi connectivity index (χ1n) is 7.70. The summed E-state index contributed by atoms with van der Waals surface area (Å²) >= 11 is 0. The van der Waals surface area contributed by atoms with Crippen LogP contribution in [0.25, 0.3) is 11.6 Å². The monoisotopic (exact) mass is 304 g/mol. The minimum atomic E-state index is -0.428. The number of allylic oxidation sites excluding steroid dienone is 2. The molecule has 116 valence electrons. The van der Waals surface area contributed by atoms with Gasteiger partial charge in [0, 0.05) is 11.6 Å². The first-order valence-corrected chi connectivity index (χ1v) is 7.70. The van der Waals surface area contributed by atoms with Gasteiger partial charge in [-0.05, 0) is 41.5 Å². The average molecular weight is 304 g/mol. The second-order valence-corrected chi connectivity index (χ2v) is 5.67. The van der Waals surface area contributed by atoms with Gasteiger partial charge in [-0.1, -0.05) is 43.9 Å². The number of aliphatic hydroxyl groups excluding tert-OH is 1. The smallest absolute Gasteiger partial charge is 0.0790 e. The fourth-order valence-corrected chi connectivity index (χ4v) is 2.68. The Morgan fingerprint density at radius 1 is 1.22 bits per heavy atom. The molecule has 0 aliphatic heterocycles. The minimum absolute atomic E-state index is 0.0868. The van der Waals surface area contributed by atoms with E-state index in [-0.39, 0.29) is 5.92 Å². The van der Waals surface area contributed by atoms with E-state index in [9.17, 15) is 5.11 Å². The van der Waals surface area contributed by atoms with Crippen molar-refractivity contribution in [2.24, 2.45) is 5.92 Å². The fraction of sp³-hybridized carbons (Fsp3) is 0.150. The van der Waals surface area contributed by atoms with E-state index in [2.05, 4.69) is 35.1 Å². The predicted molar refractivity (Wildman–Crippen MR) is 96.3 cm³/mol. The largest absolute Gasteiger partial charge is 0.388 e. The zero-order valence-corrected chi connectivity index (χ0v) is 13.1. The van der Waals surface area contributed by atoms with E-state index in [1.165, 1.54) is 0 Å². The highest BCUT2D eigenvalue weighted by Gasteiger charge is 2.19. The second kappa shape index (κ2) is 6.63. The second-order valence-electron chi connectivity index (χ2n) is 5.67. The van der Waals surface area contributed by atoms with Crippen LogP contribution in [0.1, 0.15) is 18.2 Å². The van der Waals surface area contributed by atoms with Crippen LogP contribution in [0.2, 0.25) is 0 Å². The molecule has 2 atom stereocenters. The molecule has 0 saturated heterocycles. The molecule has 0 radical (unpaired) electrons. The molecule has 1 aromatic carbocycles. The Kier molecular flexibility index (Phi) is 4.40. The normalized spacial score (nSPS) is 20.0. The Balaban J connectivity index is 1.83. The molecule has 1 heterocycles. The van der Waals surface area contributed by atoms with Crippen molar-refractivity contribution in [3.05, 3.63) is 78.7 Å². The van der Waals surface area contributed by atoms with Crippen LogP contribution in [-0.2, 0) is 0 Å². The number of benzene rings is 1. The number of hydrogen-bond acceptors (Lipinski definition) is 3. The van der Waals surface area contributed by atoms with Crippen LogP contribution in [0.3, 0.4) is 0 Å². The summed E-state index contributed by atoms with van der Waals surface area (Å²) in [6, 6.07) is 12.1. The molecular formula is C20H20N2O. The van der Waals surface area contributed by atoms with Gasteiger partial charge in [0.05, 0.1) is 23.7 Å². The summed E-state index contributed by atoms with van der Waals surface area (Å²) in [5.74, 6) is 0.0868. The molecule has 1 aliphatic carbocycles. The number of aromatic nitrogens is 1. The summed E-state index contributed by atoms with van der Waals surface area (Å²) in [6.07, 6.45) is 8.89. The molecule has 0 saturated carbocycles. The first kappa shape index (κ1) is 15.3. The Hall–Kier alpha value is -2.65. The predicted octanol–water partition coefficient (Wildman–Crippen LogP) is 4.42. The third-order valence-corrected chi connectivity index (χ3v) is 4.07. The third-order valence-electron chi connectivity index (χ3n) is 4.07. The molecule has 2 aromatic rings. The van der Waals surface area contributed by atoms with Crippen LogP contribution in [0, 0.1) is 5.92 Å². The lowest BCUT2D eigenvalue weighted by molar-refractivity contribution is 0.188.